The van der Waals surface area contributed by atoms with Gasteiger partial charge < -0.3 is 20.4 Å². The van der Waals surface area contributed by atoms with E-state index in [1.807, 2.05) is 0 Å². The molecule has 3 aromatic carbocycles. The molecular weight excluding hydrogens is 495 g/mol. The van der Waals surface area contributed by atoms with Gasteiger partial charge in [0.2, 0.25) is 5.95 Å². The highest BCUT2D eigenvalue weighted by Crippen LogP contribution is 2.29. The van der Waals surface area contributed by atoms with Gasteiger partial charge in [-0.15, -0.1) is 0 Å². The molecule has 0 aliphatic carbocycles. The zero-order valence-corrected chi connectivity index (χ0v) is 21.8. The highest BCUT2D eigenvalue weighted by Gasteiger charge is 2.22. The first-order valence-electron chi connectivity index (χ1n) is 12.9. The molecule has 6 nitrogen and oxygen atoms in total. The number of thiocarbonyl (C=S) groups is 1. The topological polar surface area (TPSA) is 56.3 Å². The van der Waals surface area contributed by atoms with Crippen molar-refractivity contribution in [1.82, 2.24) is 15.3 Å². The molecule has 0 unspecified atom stereocenters. The van der Waals surface area contributed by atoms with E-state index in [1.165, 1.54) is 34.4 Å². The van der Waals surface area contributed by atoms with Crippen LogP contribution in [0.4, 0.5) is 22.0 Å². The van der Waals surface area contributed by atoms with Gasteiger partial charge in [0.1, 0.15) is 17.5 Å². The van der Waals surface area contributed by atoms with Crippen LogP contribution in [0, 0.1) is 5.82 Å². The Morgan fingerprint density at radius 1 is 0.763 bits per heavy atom. The van der Waals surface area contributed by atoms with Crippen LogP contribution >= 0.6 is 12.2 Å². The second-order valence-electron chi connectivity index (χ2n) is 9.72. The summed E-state index contributed by atoms with van der Waals surface area (Å²) >= 11 is 5.56. The van der Waals surface area contributed by atoms with Crippen molar-refractivity contribution in [2.45, 2.75) is 32.5 Å². The van der Waals surface area contributed by atoms with Gasteiger partial charge >= 0.3 is 0 Å². The van der Waals surface area contributed by atoms with E-state index in [0.717, 1.165) is 56.2 Å². The Labute approximate surface area is 227 Å². The molecule has 0 spiro atoms. The standard InChI is InChI=1S/C30H29FN6S/c31-26-11-9-21(10-12-26)18-32-30(38)35-29-33-27(36-15-13-22-5-1-3-7-24(22)19-36)17-28(34-29)37-16-14-23-6-2-4-8-25(23)20-37/h1-12,17H,13-16,18-20H2,(H2,32,33,34,35,38). The van der Waals surface area contributed by atoms with Gasteiger partial charge in [-0.2, -0.15) is 9.97 Å². The maximum absolute atomic E-state index is 13.2. The maximum atomic E-state index is 13.2. The molecule has 3 heterocycles. The van der Waals surface area contributed by atoms with Crippen LogP contribution in [0.1, 0.15) is 27.8 Å². The van der Waals surface area contributed by atoms with Crippen molar-refractivity contribution in [2.75, 3.05) is 28.2 Å². The molecule has 8 heteroatoms. The van der Waals surface area contributed by atoms with E-state index in [-0.39, 0.29) is 5.82 Å². The van der Waals surface area contributed by atoms with E-state index in [9.17, 15) is 4.39 Å². The average molecular weight is 525 g/mol. The Morgan fingerprint density at radius 2 is 1.29 bits per heavy atom. The lowest BCUT2D eigenvalue weighted by molar-refractivity contribution is 0.627. The van der Waals surface area contributed by atoms with Gasteiger partial charge in [0.15, 0.2) is 5.11 Å². The second kappa shape index (κ2) is 10.8. The van der Waals surface area contributed by atoms with E-state index >= 15 is 0 Å². The third kappa shape index (κ3) is 5.45. The lowest BCUT2D eigenvalue weighted by atomic mass is 9.99. The zero-order valence-electron chi connectivity index (χ0n) is 21.0. The molecule has 192 valence electrons. The van der Waals surface area contributed by atoms with Gasteiger partial charge in [0, 0.05) is 38.8 Å². The third-order valence-corrected chi connectivity index (χ3v) is 7.45. The fourth-order valence-corrected chi connectivity index (χ4v) is 5.28. The van der Waals surface area contributed by atoms with Crippen LogP contribution in [0.5, 0.6) is 0 Å². The van der Waals surface area contributed by atoms with Crippen LogP contribution in [0.2, 0.25) is 0 Å². The van der Waals surface area contributed by atoms with Crippen LogP contribution < -0.4 is 20.4 Å². The Balaban J connectivity index is 1.25. The first-order chi connectivity index (χ1) is 18.6. The number of rotatable bonds is 5. The molecule has 6 rings (SSSR count). The van der Waals surface area contributed by atoms with Crippen molar-refractivity contribution in [3.8, 4) is 0 Å². The number of anilines is 3. The minimum atomic E-state index is -0.257. The fraction of sp³-hybridized carbons (Fsp3) is 0.233. The lowest BCUT2D eigenvalue weighted by Gasteiger charge is -2.33. The summed E-state index contributed by atoms with van der Waals surface area (Å²) in [5.41, 5.74) is 6.39. The number of nitrogens with one attached hydrogen (secondary N) is 2. The average Bonchev–Trinajstić information content (AvgIpc) is 2.96. The largest absolute Gasteiger partial charge is 0.358 e. The van der Waals surface area contributed by atoms with Crippen molar-refractivity contribution in [3.63, 3.8) is 0 Å². The number of aromatic nitrogens is 2. The van der Waals surface area contributed by atoms with Crippen molar-refractivity contribution < 1.29 is 4.39 Å². The van der Waals surface area contributed by atoms with Gasteiger partial charge in [-0.25, -0.2) is 4.39 Å². The van der Waals surface area contributed by atoms with Gasteiger partial charge in [-0.05, 0) is 65.0 Å². The molecule has 1 aromatic heterocycles. The summed E-state index contributed by atoms with van der Waals surface area (Å²) in [6.45, 7) is 3.88. The predicted octanol–water partition coefficient (Wildman–Crippen LogP) is 5.23. The Hall–Kier alpha value is -4.04. The summed E-state index contributed by atoms with van der Waals surface area (Å²) in [6.07, 6.45) is 1.96. The van der Waals surface area contributed by atoms with Crippen molar-refractivity contribution in [1.29, 1.82) is 0 Å². The normalized spacial score (nSPS) is 14.4. The summed E-state index contributed by atoms with van der Waals surface area (Å²) in [5, 5.41) is 6.79. The molecule has 2 aliphatic heterocycles. The molecule has 4 aromatic rings. The quantitative estimate of drug-likeness (QED) is 0.347. The molecule has 0 atom stereocenters. The summed E-state index contributed by atoms with van der Waals surface area (Å²) in [6, 6.07) is 25.7. The second-order valence-corrected chi connectivity index (χ2v) is 10.1. The molecule has 0 fully saturated rings. The number of fused-ring (bicyclic) bond motifs is 2. The molecule has 0 saturated heterocycles. The van der Waals surface area contributed by atoms with E-state index in [2.05, 4.69) is 75.0 Å². The third-order valence-electron chi connectivity index (χ3n) is 7.20. The number of hydrogen-bond acceptors (Lipinski definition) is 5. The molecule has 0 saturated carbocycles. The molecule has 0 amide bonds. The predicted molar refractivity (Wildman–Crippen MR) is 154 cm³/mol. The van der Waals surface area contributed by atoms with E-state index in [0.29, 0.717) is 17.6 Å². The van der Waals surface area contributed by atoms with Gasteiger partial charge in [0.05, 0.1) is 0 Å². The monoisotopic (exact) mass is 524 g/mol. The summed E-state index contributed by atoms with van der Waals surface area (Å²) in [7, 11) is 0. The SMILES string of the molecule is Fc1ccc(CNC(=S)Nc2nc(N3CCc4ccccc4C3)cc(N3CCc4ccccc4C3)n2)cc1. The van der Waals surface area contributed by atoms with Gasteiger partial charge in [-0.3, -0.25) is 0 Å². The minimum Gasteiger partial charge on any atom is -0.358 e. The molecule has 2 aliphatic rings. The van der Waals surface area contributed by atoms with E-state index in [4.69, 9.17) is 22.2 Å². The highest BCUT2D eigenvalue weighted by atomic mass is 32.1. The number of nitrogens with zero attached hydrogens (tertiary/aromatic N) is 4. The molecule has 2 N–H and O–H groups in total. The van der Waals surface area contributed by atoms with Crippen LogP contribution in [0.15, 0.2) is 78.9 Å². The smallest absolute Gasteiger partial charge is 0.232 e. The summed E-state index contributed by atoms with van der Waals surface area (Å²) in [4.78, 5) is 14.4. The molecule has 0 bridgehead atoms. The van der Waals surface area contributed by atoms with Crippen LogP contribution in [0.25, 0.3) is 0 Å². The number of halogens is 1. The molecular formula is C30H29FN6S. The minimum absolute atomic E-state index is 0.257. The van der Waals surface area contributed by atoms with Gasteiger partial charge in [-0.1, -0.05) is 60.7 Å². The molecule has 38 heavy (non-hydrogen) atoms. The van der Waals surface area contributed by atoms with Crippen molar-refractivity contribution >= 4 is 34.9 Å². The molecule has 0 radical (unpaired) electrons. The zero-order chi connectivity index (χ0) is 25.9. The highest BCUT2D eigenvalue weighted by molar-refractivity contribution is 7.80. The lowest BCUT2D eigenvalue weighted by Crippen LogP contribution is -2.34. The first kappa shape index (κ1) is 24.3. The number of benzene rings is 3. The number of hydrogen-bond donors (Lipinski definition) is 2. The van der Waals surface area contributed by atoms with Crippen LogP contribution in [-0.2, 0) is 32.5 Å². The summed E-state index contributed by atoms with van der Waals surface area (Å²) in [5.74, 6) is 1.97. The Morgan fingerprint density at radius 3 is 1.84 bits per heavy atom. The Kier molecular flexibility index (Phi) is 6.88. The first-order valence-corrected chi connectivity index (χ1v) is 13.3. The van der Waals surface area contributed by atoms with Gasteiger partial charge in [0.25, 0.3) is 0 Å². The van der Waals surface area contributed by atoms with Crippen molar-refractivity contribution in [3.05, 3.63) is 112 Å². The van der Waals surface area contributed by atoms with Crippen molar-refractivity contribution in [2.24, 2.45) is 0 Å². The van der Waals surface area contributed by atoms with E-state index in [1.54, 1.807) is 12.1 Å². The maximum Gasteiger partial charge on any atom is 0.232 e. The Bertz CT molecular complexity index is 1380. The van der Waals surface area contributed by atoms with Crippen LogP contribution in [-0.4, -0.2) is 28.2 Å². The van der Waals surface area contributed by atoms with Crippen LogP contribution in [0.3, 0.4) is 0 Å². The fourth-order valence-electron chi connectivity index (χ4n) is 5.11. The summed E-state index contributed by atoms with van der Waals surface area (Å²) < 4.78 is 13.2. The van der Waals surface area contributed by atoms with E-state index < -0.39 is 0 Å².